The molecule has 3 aliphatic rings. The third kappa shape index (κ3) is 2.01. The maximum atomic E-state index is 11.6. The minimum absolute atomic E-state index is 0.00753. The smallest absolute Gasteiger partial charge is 0.148 e. The van der Waals surface area contributed by atoms with Gasteiger partial charge in [0, 0.05) is 11.5 Å². The number of hydrogen-bond acceptors (Lipinski definition) is 3. The molecule has 2 heterocycles. The van der Waals surface area contributed by atoms with Crippen molar-refractivity contribution in [2.45, 2.75) is 69.5 Å². The number of rotatable bonds is 2. The number of nitrogens with zero attached hydrogens (tertiary/aromatic N) is 1. The van der Waals surface area contributed by atoms with Crippen molar-refractivity contribution in [3.05, 3.63) is 48.6 Å². The molecule has 0 spiro atoms. The quantitative estimate of drug-likeness (QED) is 0.841. The Morgan fingerprint density at radius 2 is 1.96 bits per heavy atom. The van der Waals surface area contributed by atoms with Crippen LogP contribution in [0.25, 0.3) is 0 Å². The van der Waals surface area contributed by atoms with Crippen LogP contribution in [0, 0.1) is 11.8 Å². The highest BCUT2D eigenvalue weighted by Crippen LogP contribution is 2.57. The Morgan fingerprint density at radius 3 is 2.62 bits per heavy atom. The molecule has 0 radical (unpaired) electrons. The van der Waals surface area contributed by atoms with Crippen molar-refractivity contribution in [3.63, 3.8) is 0 Å². The predicted octanol–water partition coefficient (Wildman–Crippen LogP) is 3.68. The molecule has 6 atom stereocenters. The normalized spacial score (nSPS) is 44.1. The van der Waals surface area contributed by atoms with Gasteiger partial charge in [0.05, 0.1) is 12.1 Å². The van der Waals surface area contributed by atoms with Gasteiger partial charge in [-0.3, -0.25) is 4.90 Å². The third-order valence-corrected chi connectivity index (χ3v) is 6.77. The van der Waals surface area contributed by atoms with E-state index in [0.29, 0.717) is 11.8 Å². The first kappa shape index (κ1) is 16.3. The summed E-state index contributed by atoms with van der Waals surface area (Å²) in [6, 6.07) is 9.83. The fourth-order valence-electron chi connectivity index (χ4n) is 5.42. The van der Waals surface area contributed by atoms with E-state index in [1.807, 2.05) is 36.4 Å². The Kier molecular flexibility index (Phi) is 3.68. The Hall–Kier alpha value is -1.16. The molecule has 2 aliphatic heterocycles. The average Bonchev–Trinajstić information content (AvgIpc) is 2.56. The lowest BCUT2D eigenvalue weighted by atomic mass is 9.63. The molecule has 4 rings (SSSR count). The first-order valence-corrected chi connectivity index (χ1v) is 9.25. The zero-order valence-corrected chi connectivity index (χ0v) is 15.0. The summed E-state index contributed by atoms with van der Waals surface area (Å²) in [6.07, 6.45) is 5.42. The largest absolute Gasteiger partial charge is 0.379 e. The van der Waals surface area contributed by atoms with Crippen molar-refractivity contribution in [1.29, 1.82) is 0 Å². The Morgan fingerprint density at radius 1 is 1.25 bits per heavy atom. The maximum absolute atomic E-state index is 11.6. The van der Waals surface area contributed by atoms with E-state index < -0.39 is 5.60 Å². The van der Waals surface area contributed by atoms with Crippen molar-refractivity contribution in [2.75, 3.05) is 0 Å². The monoisotopic (exact) mass is 327 g/mol. The summed E-state index contributed by atoms with van der Waals surface area (Å²) >= 11 is 0. The van der Waals surface area contributed by atoms with E-state index in [2.05, 4.69) is 32.3 Å². The molecule has 3 fully saturated rings. The van der Waals surface area contributed by atoms with Crippen LogP contribution in [0.3, 0.4) is 0 Å². The van der Waals surface area contributed by atoms with Crippen LogP contribution in [0.2, 0.25) is 0 Å². The minimum Gasteiger partial charge on any atom is -0.379 e. The molecule has 0 unspecified atom stereocenters. The molecule has 3 heteroatoms. The van der Waals surface area contributed by atoms with Gasteiger partial charge >= 0.3 is 0 Å². The van der Waals surface area contributed by atoms with E-state index in [4.69, 9.17) is 4.74 Å². The first-order valence-electron chi connectivity index (χ1n) is 9.25. The molecule has 1 saturated carbocycles. The fraction of sp³-hybridized carbons (Fsp3) is 0.619. The SMILES string of the molecule is C=C[C@@H]1N2[C@@H](O[C@@H]3C[C@H](C)CC[C@H]3C2(C)C)[C@]1(O)c1ccccc1. The second-order valence-corrected chi connectivity index (χ2v) is 8.48. The number of fused-ring (bicyclic) bond motifs is 2. The lowest BCUT2D eigenvalue weighted by Crippen LogP contribution is -2.83. The van der Waals surface area contributed by atoms with Crippen LogP contribution in [0.5, 0.6) is 0 Å². The van der Waals surface area contributed by atoms with Gasteiger partial charge in [-0.1, -0.05) is 49.8 Å². The second kappa shape index (κ2) is 5.42. The average molecular weight is 327 g/mol. The van der Waals surface area contributed by atoms with Gasteiger partial charge in [0.2, 0.25) is 0 Å². The van der Waals surface area contributed by atoms with Gasteiger partial charge in [0.15, 0.2) is 0 Å². The molecule has 24 heavy (non-hydrogen) atoms. The van der Waals surface area contributed by atoms with Gasteiger partial charge in [0.1, 0.15) is 11.8 Å². The number of ether oxygens (including phenoxy) is 1. The maximum Gasteiger partial charge on any atom is 0.148 e. The lowest BCUT2D eigenvalue weighted by molar-refractivity contribution is -0.375. The van der Waals surface area contributed by atoms with E-state index in [1.54, 1.807) is 0 Å². The van der Waals surface area contributed by atoms with Crippen LogP contribution in [0.15, 0.2) is 43.0 Å². The third-order valence-electron chi connectivity index (χ3n) is 6.77. The van der Waals surface area contributed by atoms with Crippen LogP contribution in [0.1, 0.15) is 45.6 Å². The lowest BCUT2D eigenvalue weighted by Gasteiger charge is -2.70. The van der Waals surface area contributed by atoms with Gasteiger partial charge in [0.25, 0.3) is 0 Å². The molecule has 1 aliphatic carbocycles. The van der Waals surface area contributed by atoms with E-state index in [-0.39, 0.29) is 23.9 Å². The number of benzene rings is 1. The molecule has 1 aromatic carbocycles. The Bertz CT molecular complexity index is 628. The van der Waals surface area contributed by atoms with Gasteiger partial charge in [-0.2, -0.15) is 0 Å². The number of aliphatic hydroxyl groups is 1. The van der Waals surface area contributed by atoms with Crippen LogP contribution in [0.4, 0.5) is 0 Å². The Labute approximate surface area is 145 Å². The standard InChI is InChI=1S/C21H29NO2/c1-5-18-21(23,15-9-7-6-8-10-15)19-22(18)20(3,4)16-12-11-14(2)13-17(16)24-19/h5-10,14,16-19,23H,1,11-13H2,2-4H3/t14-,16-,17-,18+,19+,21+/m1/s1. The molecule has 3 nitrogen and oxygen atoms in total. The van der Waals surface area contributed by atoms with Gasteiger partial charge in [-0.25, -0.2) is 0 Å². The minimum atomic E-state index is -1.01. The van der Waals surface area contributed by atoms with Crippen LogP contribution in [-0.2, 0) is 10.3 Å². The first-order chi connectivity index (χ1) is 11.4. The van der Waals surface area contributed by atoms with E-state index >= 15 is 0 Å². The van der Waals surface area contributed by atoms with E-state index in [9.17, 15) is 5.11 Å². The van der Waals surface area contributed by atoms with Crippen LogP contribution < -0.4 is 0 Å². The summed E-state index contributed by atoms with van der Waals surface area (Å²) in [5.41, 5.74) is -0.0752. The summed E-state index contributed by atoms with van der Waals surface area (Å²) in [4.78, 5) is 2.35. The molecule has 0 bridgehead atoms. The second-order valence-electron chi connectivity index (χ2n) is 8.48. The van der Waals surface area contributed by atoms with Gasteiger partial charge < -0.3 is 9.84 Å². The van der Waals surface area contributed by atoms with Crippen LogP contribution >= 0.6 is 0 Å². The summed E-state index contributed by atoms with van der Waals surface area (Å²) in [6.45, 7) is 11.0. The van der Waals surface area contributed by atoms with Crippen molar-refractivity contribution in [3.8, 4) is 0 Å². The molecule has 0 amide bonds. The van der Waals surface area contributed by atoms with Gasteiger partial charge in [-0.05, 0) is 38.2 Å². The molecule has 1 aromatic rings. The van der Waals surface area contributed by atoms with Crippen molar-refractivity contribution >= 4 is 0 Å². The Balaban J connectivity index is 1.73. The number of hydrogen-bond donors (Lipinski definition) is 1. The van der Waals surface area contributed by atoms with Crippen LogP contribution in [-0.4, -0.2) is 33.9 Å². The van der Waals surface area contributed by atoms with E-state index in [1.165, 1.54) is 12.8 Å². The summed E-state index contributed by atoms with van der Waals surface area (Å²) in [7, 11) is 0. The highest BCUT2D eigenvalue weighted by atomic mass is 16.5. The van der Waals surface area contributed by atoms with Gasteiger partial charge in [-0.15, -0.1) is 6.58 Å². The van der Waals surface area contributed by atoms with Crippen molar-refractivity contribution < 1.29 is 9.84 Å². The highest BCUT2D eigenvalue weighted by Gasteiger charge is 2.69. The molecule has 2 saturated heterocycles. The molecule has 130 valence electrons. The zero-order chi connectivity index (χ0) is 17.1. The zero-order valence-electron chi connectivity index (χ0n) is 15.0. The topological polar surface area (TPSA) is 32.7 Å². The summed E-state index contributed by atoms with van der Waals surface area (Å²) in [5, 5.41) is 11.6. The predicted molar refractivity (Wildman–Crippen MR) is 95.4 cm³/mol. The van der Waals surface area contributed by atoms with Crippen molar-refractivity contribution in [1.82, 2.24) is 4.90 Å². The highest BCUT2D eigenvalue weighted by molar-refractivity contribution is 5.35. The summed E-state index contributed by atoms with van der Waals surface area (Å²) in [5.74, 6) is 1.22. The van der Waals surface area contributed by atoms with Crippen molar-refractivity contribution in [2.24, 2.45) is 11.8 Å². The summed E-state index contributed by atoms with van der Waals surface area (Å²) < 4.78 is 6.53. The van der Waals surface area contributed by atoms with E-state index in [0.717, 1.165) is 12.0 Å². The fourth-order valence-corrected chi connectivity index (χ4v) is 5.42. The molecular formula is C21H29NO2. The molecular weight excluding hydrogens is 298 g/mol. The molecule has 0 aromatic heterocycles. The molecule has 1 N–H and O–H groups in total.